The Morgan fingerprint density at radius 3 is 2.60 bits per heavy atom. The first-order valence-corrected chi connectivity index (χ1v) is 5.84. The van der Waals surface area contributed by atoms with Crippen LogP contribution in [0.1, 0.15) is 43.6 Å². The third-order valence-corrected chi connectivity index (χ3v) is 3.40. The van der Waals surface area contributed by atoms with Crippen molar-refractivity contribution in [3.8, 4) is 0 Å². The average Bonchev–Trinajstić information content (AvgIpc) is 2.55. The van der Waals surface area contributed by atoms with Gasteiger partial charge in [0, 0.05) is 24.4 Å². The number of nitrogens with zero attached hydrogens (tertiary/aromatic N) is 2. The molecule has 0 aromatic carbocycles. The van der Waals surface area contributed by atoms with Crippen molar-refractivity contribution in [3.63, 3.8) is 0 Å². The summed E-state index contributed by atoms with van der Waals surface area (Å²) in [7, 11) is 2.06. The second-order valence-electron chi connectivity index (χ2n) is 4.31. The molecular weight excluding hydrogens is 186 g/mol. The Balaban J connectivity index is 2.16. The van der Waals surface area contributed by atoms with E-state index in [2.05, 4.69) is 22.3 Å². The summed E-state index contributed by atoms with van der Waals surface area (Å²) in [5.41, 5.74) is 1.29. The number of hydrogen-bond acceptors (Lipinski definition) is 3. The fourth-order valence-electron chi connectivity index (χ4n) is 2.55. The first-order chi connectivity index (χ1) is 7.42. The molecule has 1 aromatic heterocycles. The lowest BCUT2D eigenvalue weighted by atomic mass is 9.89. The quantitative estimate of drug-likeness (QED) is 0.751. The van der Waals surface area contributed by atoms with Crippen molar-refractivity contribution in [2.45, 2.75) is 44.1 Å². The third kappa shape index (κ3) is 2.53. The van der Waals surface area contributed by atoms with Gasteiger partial charge in [-0.2, -0.15) is 0 Å². The van der Waals surface area contributed by atoms with E-state index in [1.807, 2.05) is 12.4 Å². The van der Waals surface area contributed by atoms with Crippen LogP contribution in [-0.4, -0.2) is 23.1 Å². The fraction of sp³-hybridized carbons (Fsp3) is 0.667. The Bertz CT molecular complexity index is 286. The Morgan fingerprint density at radius 2 is 1.87 bits per heavy atom. The number of nitrogens with one attached hydrogen (secondary N) is 1. The number of likely N-dealkylation sites (N-methyl/N-ethyl adjacent to an activating group) is 1. The Hall–Kier alpha value is -0.960. The van der Waals surface area contributed by atoms with Gasteiger partial charge in [-0.1, -0.05) is 19.3 Å². The molecule has 0 aliphatic heterocycles. The van der Waals surface area contributed by atoms with Gasteiger partial charge in [0.25, 0.3) is 0 Å². The average molecular weight is 205 g/mol. The molecular formula is C12H19N3. The number of aromatic nitrogens is 2. The van der Waals surface area contributed by atoms with Gasteiger partial charge < -0.3 is 5.32 Å². The molecule has 1 saturated carbocycles. The first-order valence-electron chi connectivity index (χ1n) is 5.84. The minimum Gasteiger partial charge on any atom is -0.316 e. The van der Waals surface area contributed by atoms with Crippen LogP contribution in [0.3, 0.4) is 0 Å². The summed E-state index contributed by atoms with van der Waals surface area (Å²) >= 11 is 0. The highest BCUT2D eigenvalue weighted by Gasteiger charge is 2.23. The Morgan fingerprint density at radius 1 is 1.13 bits per heavy atom. The lowest BCUT2D eigenvalue weighted by Gasteiger charge is -2.24. The van der Waals surface area contributed by atoms with Gasteiger partial charge >= 0.3 is 0 Å². The van der Waals surface area contributed by atoms with Crippen LogP contribution in [0.5, 0.6) is 0 Å². The standard InChI is InChI=1S/C12H19N3/c1-13-12-6-4-2-3-5-11(12)10-7-14-9-15-8-10/h7-9,11-13H,2-6H2,1H3. The van der Waals surface area contributed by atoms with E-state index in [0.29, 0.717) is 12.0 Å². The molecule has 15 heavy (non-hydrogen) atoms. The van der Waals surface area contributed by atoms with E-state index in [1.54, 1.807) is 6.33 Å². The maximum atomic E-state index is 4.12. The summed E-state index contributed by atoms with van der Waals surface area (Å²) in [5.74, 6) is 0.596. The van der Waals surface area contributed by atoms with Gasteiger partial charge in [0.1, 0.15) is 6.33 Å². The van der Waals surface area contributed by atoms with E-state index in [4.69, 9.17) is 0 Å². The van der Waals surface area contributed by atoms with Crippen molar-refractivity contribution in [1.82, 2.24) is 15.3 Å². The molecule has 2 unspecified atom stereocenters. The van der Waals surface area contributed by atoms with Gasteiger partial charge in [-0.25, -0.2) is 9.97 Å². The SMILES string of the molecule is CNC1CCCCCC1c1cncnc1. The predicted molar refractivity (Wildman–Crippen MR) is 60.7 cm³/mol. The zero-order valence-corrected chi connectivity index (χ0v) is 9.32. The molecule has 0 spiro atoms. The molecule has 0 amide bonds. The molecule has 2 rings (SSSR count). The molecule has 1 heterocycles. The molecule has 1 aliphatic carbocycles. The van der Waals surface area contributed by atoms with E-state index in [9.17, 15) is 0 Å². The summed E-state index contributed by atoms with van der Waals surface area (Å²) in [6.07, 6.45) is 12.1. The van der Waals surface area contributed by atoms with Crippen LogP contribution >= 0.6 is 0 Å². The minimum atomic E-state index is 0.596. The van der Waals surface area contributed by atoms with Gasteiger partial charge in [-0.05, 0) is 25.5 Å². The van der Waals surface area contributed by atoms with Crippen LogP contribution in [0, 0.1) is 0 Å². The van der Waals surface area contributed by atoms with Crippen molar-refractivity contribution >= 4 is 0 Å². The van der Waals surface area contributed by atoms with Crippen LogP contribution in [0.25, 0.3) is 0 Å². The topological polar surface area (TPSA) is 37.8 Å². The molecule has 1 aromatic rings. The van der Waals surface area contributed by atoms with E-state index in [-0.39, 0.29) is 0 Å². The zero-order valence-electron chi connectivity index (χ0n) is 9.32. The molecule has 3 nitrogen and oxygen atoms in total. The van der Waals surface area contributed by atoms with Crippen molar-refractivity contribution in [2.24, 2.45) is 0 Å². The molecule has 82 valence electrons. The van der Waals surface area contributed by atoms with Gasteiger partial charge in [0.2, 0.25) is 0 Å². The highest BCUT2D eigenvalue weighted by Crippen LogP contribution is 2.30. The van der Waals surface area contributed by atoms with Crippen LogP contribution in [0.15, 0.2) is 18.7 Å². The molecule has 1 aliphatic rings. The molecule has 0 bridgehead atoms. The van der Waals surface area contributed by atoms with Crippen LogP contribution in [-0.2, 0) is 0 Å². The second kappa shape index (κ2) is 5.21. The normalized spacial score (nSPS) is 27.3. The zero-order chi connectivity index (χ0) is 10.5. The van der Waals surface area contributed by atoms with Gasteiger partial charge in [-0.3, -0.25) is 0 Å². The van der Waals surface area contributed by atoms with E-state index in [0.717, 1.165) is 0 Å². The van der Waals surface area contributed by atoms with Crippen LogP contribution < -0.4 is 5.32 Å². The Kier molecular flexibility index (Phi) is 3.67. The van der Waals surface area contributed by atoms with E-state index < -0.39 is 0 Å². The van der Waals surface area contributed by atoms with Gasteiger partial charge in [0.15, 0.2) is 0 Å². The molecule has 0 radical (unpaired) electrons. The highest BCUT2D eigenvalue weighted by atomic mass is 14.9. The van der Waals surface area contributed by atoms with Crippen molar-refractivity contribution in [2.75, 3.05) is 7.05 Å². The lowest BCUT2D eigenvalue weighted by Crippen LogP contribution is -2.31. The van der Waals surface area contributed by atoms with Gasteiger partial charge in [0.05, 0.1) is 0 Å². The number of hydrogen-bond donors (Lipinski definition) is 1. The largest absolute Gasteiger partial charge is 0.316 e. The van der Waals surface area contributed by atoms with Crippen molar-refractivity contribution < 1.29 is 0 Å². The van der Waals surface area contributed by atoms with Crippen molar-refractivity contribution in [1.29, 1.82) is 0 Å². The summed E-state index contributed by atoms with van der Waals surface area (Å²) in [5, 5.41) is 3.44. The van der Waals surface area contributed by atoms with Gasteiger partial charge in [-0.15, -0.1) is 0 Å². The Labute approximate surface area is 91.3 Å². The molecule has 1 N–H and O–H groups in total. The minimum absolute atomic E-state index is 0.596. The van der Waals surface area contributed by atoms with E-state index >= 15 is 0 Å². The monoisotopic (exact) mass is 205 g/mol. The fourth-order valence-corrected chi connectivity index (χ4v) is 2.55. The predicted octanol–water partition coefficient (Wildman–Crippen LogP) is 2.11. The second-order valence-corrected chi connectivity index (χ2v) is 4.31. The maximum Gasteiger partial charge on any atom is 0.115 e. The third-order valence-electron chi connectivity index (χ3n) is 3.40. The van der Waals surface area contributed by atoms with E-state index in [1.165, 1.54) is 37.7 Å². The summed E-state index contributed by atoms with van der Waals surface area (Å²) in [4.78, 5) is 8.24. The number of rotatable bonds is 2. The lowest BCUT2D eigenvalue weighted by molar-refractivity contribution is 0.437. The maximum absolute atomic E-state index is 4.12. The molecule has 1 fully saturated rings. The first kappa shape index (κ1) is 10.6. The summed E-state index contributed by atoms with van der Waals surface area (Å²) in [6.45, 7) is 0. The smallest absolute Gasteiger partial charge is 0.115 e. The highest BCUT2D eigenvalue weighted by molar-refractivity contribution is 5.13. The van der Waals surface area contributed by atoms with Crippen LogP contribution in [0.4, 0.5) is 0 Å². The molecule has 0 saturated heterocycles. The molecule has 2 atom stereocenters. The summed E-state index contributed by atoms with van der Waals surface area (Å²) < 4.78 is 0. The molecule has 3 heteroatoms. The van der Waals surface area contributed by atoms with Crippen molar-refractivity contribution in [3.05, 3.63) is 24.3 Å². The summed E-state index contributed by atoms with van der Waals surface area (Å²) in [6, 6.07) is 0.596. The van der Waals surface area contributed by atoms with Crippen LogP contribution in [0.2, 0.25) is 0 Å².